The lowest BCUT2D eigenvalue weighted by atomic mass is 9.85. The minimum absolute atomic E-state index is 0.137. The average molecular weight is 364 g/mol. The van der Waals surface area contributed by atoms with E-state index >= 15 is 0 Å². The van der Waals surface area contributed by atoms with Crippen LogP contribution in [0.4, 0.5) is 0 Å². The summed E-state index contributed by atoms with van der Waals surface area (Å²) < 4.78 is 0. The Hall–Kier alpha value is -3.15. The zero-order valence-electron chi connectivity index (χ0n) is 16.1. The molecule has 0 fully saturated rings. The van der Waals surface area contributed by atoms with Gasteiger partial charge in [0.05, 0.1) is 0 Å². The van der Waals surface area contributed by atoms with Crippen molar-refractivity contribution in [1.29, 1.82) is 0 Å². The van der Waals surface area contributed by atoms with E-state index in [2.05, 4.69) is 22.1 Å². The number of hydrogen-bond donors (Lipinski definition) is 2. The van der Waals surface area contributed by atoms with Crippen LogP contribution in [0.25, 0.3) is 16.7 Å². The predicted octanol–water partition coefficient (Wildman–Crippen LogP) is 3.62. The van der Waals surface area contributed by atoms with Crippen LogP contribution < -0.4 is 5.32 Å². The lowest BCUT2D eigenvalue weighted by molar-refractivity contribution is -0.117. The van der Waals surface area contributed by atoms with Gasteiger partial charge in [-0.05, 0) is 42.2 Å². The summed E-state index contributed by atoms with van der Waals surface area (Å²) in [5.74, 6) is -0.0670. The van der Waals surface area contributed by atoms with E-state index in [1.807, 2.05) is 51.1 Å². The fraction of sp³-hybridized carbons (Fsp3) is 0.286. The second kappa shape index (κ2) is 6.87. The van der Waals surface area contributed by atoms with Gasteiger partial charge in [-0.15, -0.1) is 15.0 Å². The summed E-state index contributed by atoms with van der Waals surface area (Å²) in [6.45, 7) is 11.7. The monoisotopic (exact) mass is 364 g/mol. The maximum absolute atomic E-state index is 11.8. The van der Waals surface area contributed by atoms with Crippen molar-refractivity contribution in [2.75, 3.05) is 0 Å². The van der Waals surface area contributed by atoms with Crippen molar-refractivity contribution < 1.29 is 9.90 Å². The van der Waals surface area contributed by atoms with Gasteiger partial charge < -0.3 is 10.4 Å². The number of aromatic hydroxyl groups is 1. The van der Waals surface area contributed by atoms with Gasteiger partial charge in [0, 0.05) is 17.7 Å². The SMILES string of the molecule is C=C(C)C(=O)NCc1cc(-n2nc3ccccc3n2)c(O)c(C(C)(C)C)c1. The molecular formula is C21H24N4O2. The van der Waals surface area contributed by atoms with E-state index in [1.54, 1.807) is 13.0 Å². The van der Waals surface area contributed by atoms with Gasteiger partial charge in [0.1, 0.15) is 22.5 Å². The van der Waals surface area contributed by atoms with Gasteiger partial charge in [-0.1, -0.05) is 39.5 Å². The molecule has 27 heavy (non-hydrogen) atoms. The molecule has 0 spiro atoms. The summed E-state index contributed by atoms with van der Waals surface area (Å²) in [7, 11) is 0. The quantitative estimate of drug-likeness (QED) is 0.693. The number of fused-ring (bicyclic) bond motifs is 1. The van der Waals surface area contributed by atoms with Crippen LogP contribution in [0.3, 0.4) is 0 Å². The fourth-order valence-corrected chi connectivity index (χ4v) is 2.80. The Balaban J connectivity index is 2.09. The summed E-state index contributed by atoms with van der Waals surface area (Å²) >= 11 is 0. The van der Waals surface area contributed by atoms with Crippen molar-refractivity contribution in [3.05, 3.63) is 59.7 Å². The Kier molecular flexibility index (Phi) is 4.74. The number of carbonyl (C=O) groups excluding carboxylic acids is 1. The molecule has 6 heteroatoms. The van der Waals surface area contributed by atoms with Crippen molar-refractivity contribution >= 4 is 16.9 Å². The zero-order valence-corrected chi connectivity index (χ0v) is 16.1. The summed E-state index contributed by atoms with van der Waals surface area (Å²) in [6.07, 6.45) is 0. The highest BCUT2D eigenvalue weighted by atomic mass is 16.3. The molecule has 0 aliphatic carbocycles. The maximum atomic E-state index is 11.8. The second-order valence-corrected chi connectivity index (χ2v) is 7.70. The standard InChI is InChI=1S/C21H24N4O2/c1-13(2)20(27)22-12-14-10-15(21(3,4)5)19(26)18(11-14)25-23-16-8-6-7-9-17(16)24-25/h6-11,26H,1,12H2,2-5H3,(H,22,27). The minimum Gasteiger partial charge on any atom is -0.505 e. The molecule has 140 valence electrons. The average Bonchev–Trinajstić information content (AvgIpc) is 3.03. The van der Waals surface area contributed by atoms with Crippen molar-refractivity contribution in [1.82, 2.24) is 20.3 Å². The largest absolute Gasteiger partial charge is 0.505 e. The van der Waals surface area contributed by atoms with Gasteiger partial charge in [0.25, 0.3) is 0 Å². The van der Waals surface area contributed by atoms with Crippen LogP contribution >= 0.6 is 0 Å². The number of phenols is 1. The summed E-state index contributed by atoms with van der Waals surface area (Å²) in [6, 6.07) is 11.2. The molecule has 0 bridgehead atoms. The van der Waals surface area contributed by atoms with Gasteiger partial charge in [-0.25, -0.2) is 0 Å². The molecule has 0 aliphatic heterocycles. The normalized spacial score (nSPS) is 11.6. The Morgan fingerprint density at radius 3 is 2.30 bits per heavy atom. The van der Waals surface area contributed by atoms with Crippen LogP contribution in [0.1, 0.15) is 38.8 Å². The molecule has 1 aromatic heterocycles. The molecule has 2 N–H and O–H groups in total. The lowest BCUT2D eigenvalue weighted by Gasteiger charge is -2.23. The third-order valence-corrected chi connectivity index (χ3v) is 4.30. The highest BCUT2D eigenvalue weighted by Crippen LogP contribution is 2.36. The van der Waals surface area contributed by atoms with Gasteiger partial charge in [0.15, 0.2) is 0 Å². The van der Waals surface area contributed by atoms with Crippen LogP contribution in [0.2, 0.25) is 0 Å². The number of phenolic OH excluding ortho intramolecular Hbond substituents is 1. The molecule has 0 aliphatic rings. The number of benzene rings is 2. The van der Waals surface area contributed by atoms with Crippen molar-refractivity contribution in [2.24, 2.45) is 0 Å². The maximum Gasteiger partial charge on any atom is 0.246 e. The number of nitrogens with zero attached hydrogens (tertiary/aromatic N) is 3. The lowest BCUT2D eigenvalue weighted by Crippen LogP contribution is -2.23. The Morgan fingerprint density at radius 2 is 1.78 bits per heavy atom. The summed E-state index contributed by atoms with van der Waals surface area (Å²) in [5, 5.41) is 22.7. The van der Waals surface area contributed by atoms with Gasteiger partial charge in [-0.3, -0.25) is 4.79 Å². The molecule has 2 aromatic carbocycles. The fourth-order valence-electron chi connectivity index (χ4n) is 2.80. The van der Waals surface area contributed by atoms with E-state index in [-0.39, 0.29) is 17.1 Å². The number of nitrogens with one attached hydrogen (secondary N) is 1. The van der Waals surface area contributed by atoms with E-state index in [1.165, 1.54) is 4.80 Å². The van der Waals surface area contributed by atoms with Crippen LogP contribution in [0.5, 0.6) is 5.75 Å². The molecule has 0 atom stereocenters. The third-order valence-electron chi connectivity index (χ3n) is 4.30. The van der Waals surface area contributed by atoms with Crippen molar-refractivity contribution in [2.45, 2.75) is 39.7 Å². The van der Waals surface area contributed by atoms with E-state index in [9.17, 15) is 9.90 Å². The first-order chi connectivity index (χ1) is 12.7. The first-order valence-corrected chi connectivity index (χ1v) is 8.79. The summed E-state index contributed by atoms with van der Waals surface area (Å²) in [4.78, 5) is 13.3. The molecule has 6 nitrogen and oxygen atoms in total. The molecular weight excluding hydrogens is 340 g/mol. The van der Waals surface area contributed by atoms with E-state index in [4.69, 9.17) is 0 Å². The zero-order chi connectivity index (χ0) is 19.8. The molecule has 0 saturated carbocycles. The number of amides is 1. The van der Waals surface area contributed by atoms with Crippen molar-refractivity contribution in [3.8, 4) is 11.4 Å². The molecule has 1 heterocycles. The molecule has 0 radical (unpaired) electrons. The van der Waals surface area contributed by atoms with Crippen LogP contribution in [0, 0.1) is 0 Å². The number of rotatable bonds is 4. The Morgan fingerprint density at radius 1 is 1.19 bits per heavy atom. The van der Waals surface area contributed by atoms with Crippen molar-refractivity contribution in [3.63, 3.8) is 0 Å². The smallest absolute Gasteiger partial charge is 0.246 e. The van der Waals surface area contributed by atoms with Crippen LogP contribution in [-0.2, 0) is 16.8 Å². The van der Waals surface area contributed by atoms with Gasteiger partial charge in [0.2, 0.25) is 5.91 Å². The Labute approximate surface area is 158 Å². The van der Waals surface area contributed by atoms with E-state index in [0.717, 1.165) is 22.2 Å². The minimum atomic E-state index is -0.292. The number of carbonyl (C=O) groups is 1. The molecule has 0 unspecified atom stereocenters. The van der Waals surface area contributed by atoms with E-state index < -0.39 is 0 Å². The molecule has 1 amide bonds. The predicted molar refractivity (Wildman–Crippen MR) is 106 cm³/mol. The van der Waals surface area contributed by atoms with Crippen LogP contribution in [-0.4, -0.2) is 26.0 Å². The van der Waals surface area contributed by atoms with Gasteiger partial charge >= 0.3 is 0 Å². The summed E-state index contributed by atoms with van der Waals surface area (Å²) in [5.41, 5.74) is 3.75. The van der Waals surface area contributed by atoms with Gasteiger partial charge in [-0.2, -0.15) is 0 Å². The molecule has 3 rings (SSSR count). The van der Waals surface area contributed by atoms with E-state index in [0.29, 0.717) is 17.8 Å². The Bertz CT molecular complexity index is 995. The highest BCUT2D eigenvalue weighted by Gasteiger charge is 2.23. The first-order valence-electron chi connectivity index (χ1n) is 8.79. The topological polar surface area (TPSA) is 80.0 Å². The number of hydrogen-bond acceptors (Lipinski definition) is 4. The first kappa shape index (κ1) is 18.6. The third kappa shape index (κ3) is 3.84. The van der Waals surface area contributed by atoms with Crippen LogP contribution in [0.15, 0.2) is 48.6 Å². The second-order valence-electron chi connectivity index (χ2n) is 7.70. The highest BCUT2D eigenvalue weighted by molar-refractivity contribution is 5.92. The molecule has 3 aromatic rings. The molecule has 0 saturated heterocycles. The number of aromatic nitrogens is 3.